The Morgan fingerprint density at radius 1 is 1.14 bits per heavy atom. The molecular formula is C20H16Br2N2O4S. The second-order valence-electron chi connectivity index (χ2n) is 6.12. The van der Waals surface area contributed by atoms with E-state index in [4.69, 9.17) is 21.7 Å². The SMILES string of the molecule is COc1cc(/C=C2\C(=O)NC(=S)N(C)C2=O)c(Br)cc1OCc1ccc(Br)cc1. The van der Waals surface area contributed by atoms with Gasteiger partial charge in [0.15, 0.2) is 16.6 Å². The Morgan fingerprint density at radius 3 is 2.48 bits per heavy atom. The quantitative estimate of drug-likeness (QED) is 0.352. The van der Waals surface area contributed by atoms with Crippen molar-refractivity contribution in [3.05, 3.63) is 62.0 Å². The van der Waals surface area contributed by atoms with Crippen molar-refractivity contribution in [1.82, 2.24) is 10.2 Å². The summed E-state index contributed by atoms with van der Waals surface area (Å²) in [6.45, 7) is 0.361. The Hall–Kier alpha value is -2.23. The molecule has 6 nitrogen and oxygen atoms in total. The van der Waals surface area contributed by atoms with Crippen LogP contribution >= 0.6 is 44.1 Å². The normalized spacial score (nSPS) is 15.5. The topological polar surface area (TPSA) is 67.9 Å². The zero-order valence-electron chi connectivity index (χ0n) is 15.5. The van der Waals surface area contributed by atoms with E-state index in [2.05, 4.69) is 37.2 Å². The van der Waals surface area contributed by atoms with Gasteiger partial charge in [-0.25, -0.2) is 0 Å². The second kappa shape index (κ2) is 9.06. The van der Waals surface area contributed by atoms with Gasteiger partial charge in [0.25, 0.3) is 11.8 Å². The lowest BCUT2D eigenvalue weighted by Crippen LogP contribution is -2.52. The van der Waals surface area contributed by atoms with Crippen LogP contribution in [0, 0.1) is 0 Å². The summed E-state index contributed by atoms with van der Waals surface area (Å²) in [5, 5.41) is 2.56. The zero-order valence-corrected chi connectivity index (χ0v) is 19.5. The third kappa shape index (κ3) is 4.85. The van der Waals surface area contributed by atoms with Crippen LogP contribution in [0.15, 0.2) is 50.9 Å². The largest absolute Gasteiger partial charge is 0.493 e. The van der Waals surface area contributed by atoms with Gasteiger partial charge in [0.05, 0.1) is 7.11 Å². The number of benzene rings is 2. The molecule has 1 aliphatic rings. The highest BCUT2D eigenvalue weighted by atomic mass is 79.9. The fourth-order valence-corrected chi connectivity index (χ4v) is 3.45. The number of carbonyl (C=O) groups excluding carboxylic acids is 2. The summed E-state index contributed by atoms with van der Waals surface area (Å²) in [6.07, 6.45) is 1.49. The average molecular weight is 540 g/mol. The van der Waals surface area contributed by atoms with Gasteiger partial charge in [-0.3, -0.25) is 19.8 Å². The van der Waals surface area contributed by atoms with Crippen LogP contribution in [0.5, 0.6) is 11.5 Å². The number of methoxy groups -OCH3 is 1. The molecule has 0 spiro atoms. The van der Waals surface area contributed by atoms with Crippen LogP contribution < -0.4 is 14.8 Å². The Balaban J connectivity index is 1.88. The van der Waals surface area contributed by atoms with E-state index < -0.39 is 11.8 Å². The highest BCUT2D eigenvalue weighted by Gasteiger charge is 2.31. The molecule has 1 aliphatic heterocycles. The Kier molecular flexibility index (Phi) is 6.71. The fourth-order valence-electron chi connectivity index (χ4n) is 2.58. The number of ether oxygens (including phenoxy) is 2. The first-order valence-corrected chi connectivity index (χ1v) is 10.4. The third-order valence-corrected chi connectivity index (χ3v) is 5.79. The molecule has 2 aromatic carbocycles. The molecule has 0 aliphatic carbocycles. The molecule has 2 aromatic rings. The maximum atomic E-state index is 12.4. The average Bonchev–Trinajstić information content (AvgIpc) is 2.70. The number of halogens is 2. The van der Waals surface area contributed by atoms with E-state index in [1.807, 2.05) is 24.3 Å². The molecule has 1 N–H and O–H groups in total. The van der Waals surface area contributed by atoms with Crippen LogP contribution in [-0.4, -0.2) is 36.0 Å². The zero-order chi connectivity index (χ0) is 21.1. The highest BCUT2D eigenvalue weighted by molar-refractivity contribution is 9.10. The van der Waals surface area contributed by atoms with Crippen LogP contribution in [0.3, 0.4) is 0 Å². The smallest absolute Gasteiger partial charge is 0.265 e. The molecule has 3 rings (SSSR count). The maximum Gasteiger partial charge on any atom is 0.265 e. The number of nitrogens with one attached hydrogen (secondary N) is 1. The van der Waals surface area contributed by atoms with Crippen molar-refractivity contribution in [3.63, 3.8) is 0 Å². The van der Waals surface area contributed by atoms with Gasteiger partial charge >= 0.3 is 0 Å². The minimum Gasteiger partial charge on any atom is -0.493 e. The third-order valence-electron chi connectivity index (χ3n) is 4.20. The molecule has 1 fully saturated rings. The van der Waals surface area contributed by atoms with Gasteiger partial charge in [-0.1, -0.05) is 44.0 Å². The van der Waals surface area contributed by atoms with Crippen molar-refractivity contribution in [2.24, 2.45) is 0 Å². The van der Waals surface area contributed by atoms with Crippen LogP contribution in [0.4, 0.5) is 0 Å². The van der Waals surface area contributed by atoms with Crippen LogP contribution in [0.2, 0.25) is 0 Å². The molecule has 1 heterocycles. The van der Waals surface area contributed by atoms with Crippen molar-refractivity contribution in [2.75, 3.05) is 14.2 Å². The standard InChI is InChI=1S/C20H16Br2N2O4S/c1-24-19(26)14(18(25)23-20(24)29)7-12-8-16(27-2)17(9-15(12)22)28-10-11-3-5-13(21)6-4-11/h3-9H,10H2,1-2H3,(H,23,25,29)/b14-7+. The van der Waals surface area contributed by atoms with Gasteiger partial charge in [0.2, 0.25) is 0 Å². The van der Waals surface area contributed by atoms with Crippen molar-refractivity contribution >= 4 is 67.1 Å². The molecule has 29 heavy (non-hydrogen) atoms. The summed E-state index contributed by atoms with van der Waals surface area (Å²) >= 11 is 11.8. The number of hydrogen-bond acceptors (Lipinski definition) is 5. The number of carbonyl (C=O) groups is 2. The lowest BCUT2D eigenvalue weighted by atomic mass is 10.1. The van der Waals surface area contributed by atoms with Gasteiger partial charge in [-0.05, 0) is 53.7 Å². The predicted molar refractivity (Wildman–Crippen MR) is 121 cm³/mol. The molecule has 0 atom stereocenters. The molecule has 2 amide bonds. The van der Waals surface area contributed by atoms with E-state index in [0.717, 1.165) is 10.0 Å². The fraction of sp³-hybridized carbons (Fsp3) is 0.150. The van der Waals surface area contributed by atoms with Crippen molar-refractivity contribution in [2.45, 2.75) is 6.61 Å². The van der Waals surface area contributed by atoms with Gasteiger partial charge in [0, 0.05) is 16.0 Å². The molecular weight excluding hydrogens is 524 g/mol. The second-order valence-corrected chi connectivity index (χ2v) is 8.28. The summed E-state index contributed by atoms with van der Waals surface area (Å²) in [7, 11) is 3.03. The van der Waals surface area contributed by atoms with Crippen molar-refractivity contribution in [3.8, 4) is 11.5 Å². The molecule has 0 radical (unpaired) electrons. The Morgan fingerprint density at radius 2 is 1.83 bits per heavy atom. The number of likely N-dealkylation sites (N-methyl/N-ethyl adjacent to an activating group) is 1. The molecule has 0 bridgehead atoms. The summed E-state index contributed by atoms with van der Waals surface area (Å²) in [4.78, 5) is 25.8. The summed E-state index contributed by atoms with van der Waals surface area (Å²) in [5.41, 5.74) is 1.57. The maximum absolute atomic E-state index is 12.4. The first kappa shape index (κ1) is 21.5. The lowest BCUT2D eigenvalue weighted by molar-refractivity contribution is -0.128. The van der Waals surface area contributed by atoms with Crippen molar-refractivity contribution in [1.29, 1.82) is 0 Å². The predicted octanol–water partition coefficient (Wildman–Crippen LogP) is 4.06. The molecule has 0 saturated carbocycles. The first-order chi connectivity index (χ1) is 13.8. The first-order valence-electron chi connectivity index (χ1n) is 8.40. The van der Waals surface area contributed by atoms with Crippen LogP contribution in [0.1, 0.15) is 11.1 Å². The molecule has 9 heteroatoms. The number of thiocarbonyl (C=S) groups is 1. The monoisotopic (exact) mass is 538 g/mol. The Labute approximate surface area is 190 Å². The van der Waals surface area contributed by atoms with E-state index in [1.54, 1.807) is 12.1 Å². The van der Waals surface area contributed by atoms with E-state index >= 15 is 0 Å². The van der Waals surface area contributed by atoms with Crippen molar-refractivity contribution < 1.29 is 19.1 Å². The number of nitrogens with zero attached hydrogens (tertiary/aromatic N) is 1. The minimum absolute atomic E-state index is 0.0209. The van der Waals surface area contributed by atoms with Gasteiger partial charge in [0.1, 0.15) is 12.2 Å². The summed E-state index contributed by atoms with van der Waals surface area (Å²) in [6, 6.07) is 11.2. The molecule has 150 valence electrons. The van der Waals surface area contributed by atoms with Crippen LogP contribution in [0.25, 0.3) is 6.08 Å². The van der Waals surface area contributed by atoms with Gasteiger partial charge in [-0.2, -0.15) is 0 Å². The van der Waals surface area contributed by atoms with E-state index in [9.17, 15) is 9.59 Å². The summed E-state index contributed by atoms with van der Waals surface area (Å²) < 4.78 is 13.0. The Bertz CT molecular complexity index is 1020. The molecule has 0 unspecified atom stereocenters. The van der Waals surface area contributed by atoms with E-state index in [0.29, 0.717) is 28.1 Å². The number of hydrogen-bond donors (Lipinski definition) is 1. The number of amides is 2. The molecule has 1 saturated heterocycles. The summed E-state index contributed by atoms with van der Waals surface area (Å²) in [5.74, 6) is -0.00780. The van der Waals surface area contributed by atoms with Gasteiger partial charge < -0.3 is 9.47 Å². The minimum atomic E-state index is -0.542. The molecule has 0 aromatic heterocycles. The van der Waals surface area contributed by atoms with Gasteiger partial charge in [-0.15, -0.1) is 0 Å². The number of rotatable bonds is 5. The van der Waals surface area contributed by atoms with E-state index in [-0.39, 0.29) is 10.7 Å². The van der Waals surface area contributed by atoms with E-state index in [1.165, 1.54) is 25.1 Å². The highest BCUT2D eigenvalue weighted by Crippen LogP contribution is 2.35. The van der Waals surface area contributed by atoms with Crippen LogP contribution in [-0.2, 0) is 16.2 Å². The lowest BCUT2D eigenvalue weighted by Gasteiger charge is -2.25.